The van der Waals surface area contributed by atoms with Crippen LogP contribution in [0.4, 0.5) is 0 Å². The van der Waals surface area contributed by atoms with Crippen molar-refractivity contribution in [3.05, 3.63) is 0 Å². The molecule has 2 aliphatic rings. The molecule has 0 aromatic carbocycles. The molecular weight excluding hydrogens is 348 g/mol. The highest BCUT2D eigenvalue weighted by atomic mass is 32.2. The first-order chi connectivity index (χ1) is 11.3. The Morgan fingerprint density at radius 2 is 2.12 bits per heavy atom. The third kappa shape index (κ3) is 3.85. The van der Waals surface area contributed by atoms with Gasteiger partial charge in [-0.25, -0.2) is 4.79 Å². The normalized spacial score (nSPS) is 32.7. The van der Waals surface area contributed by atoms with E-state index in [-0.39, 0.29) is 29.0 Å². The minimum Gasteiger partial charge on any atom is -0.480 e. The number of nitrogens with zero attached hydrogens (tertiary/aromatic N) is 1. The molecular formula is C16H26N2O4S2. The van der Waals surface area contributed by atoms with Gasteiger partial charge in [-0.05, 0) is 24.7 Å². The average Bonchev–Trinajstić information content (AvgIpc) is 2.96. The second-order valence-corrected chi connectivity index (χ2v) is 8.48. The molecule has 0 aliphatic carbocycles. The Morgan fingerprint density at radius 1 is 1.46 bits per heavy atom. The van der Waals surface area contributed by atoms with E-state index in [0.717, 1.165) is 12.8 Å². The number of thioether (sulfide) groups is 1. The number of carboxylic acid groups (broad SMARTS) is 1. The smallest absolute Gasteiger partial charge is 0.327 e. The molecule has 8 heteroatoms. The number of carbonyl (C=O) groups is 3. The Labute approximate surface area is 152 Å². The molecule has 2 rings (SSSR count). The summed E-state index contributed by atoms with van der Waals surface area (Å²) in [5.41, 5.74) is 0. The standard InChI is InChI=1S/C16H26N2O4S2/c1-4-8(2)12(23)13(19)17-10-6-5-9(3)15-18(14(10)20)11(7-24-15)16(21)22/h8-12,15,23H,4-7H2,1-3H3,(H,17,19)(H,21,22)/t8-,9+,10-,11-,12-,15+/m0/s1. The molecule has 0 radical (unpaired) electrons. The number of rotatable bonds is 5. The number of amides is 2. The molecule has 2 fully saturated rings. The maximum Gasteiger partial charge on any atom is 0.327 e. The Balaban J connectivity index is 2.15. The topological polar surface area (TPSA) is 86.7 Å². The first-order valence-corrected chi connectivity index (χ1v) is 9.99. The highest BCUT2D eigenvalue weighted by Crippen LogP contribution is 2.39. The van der Waals surface area contributed by atoms with Crippen LogP contribution in [0.2, 0.25) is 0 Å². The van der Waals surface area contributed by atoms with E-state index in [4.69, 9.17) is 0 Å². The van der Waals surface area contributed by atoms with E-state index in [1.165, 1.54) is 16.7 Å². The Kier molecular flexibility index (Phi) is 6.47. The minimum absolute atomic E-state index is 0.106. The first-order valence-electron chi connectivity index (χ1n) is 8.42. The summed E-state index contributed by atoms with van der Waals surface area (Å²) in [5.74, 6) is -0.805. The summed E-state index contributed by atoms with van der Waals surface area (Å²) in [6, 6.07) is -1.47. The van der Waals surface area contributed by atoms with E-state index in [9.17, 15) is 19.5 Å². The molecule has 0 spiro atoms. The Morgan fingerprint density at radius 3 is 2.71 bits per heavy atom. The van der Waals surface area contributed by atoms with Gasteiger partial charge in [-0.3, -0.25) is 9.59 Å². The van der Waals surface area contributed by atoms with Crippen molar-refractivity contribution in [3.63, 3.8) is 0 Å². The maximum atomic E-state index is 12.9. The molecule has 24 heavy (non-hydrogen) atoms. The van der Waals surface area contributed by atoms with Crippen molar-refractivity contribution >= 4 is 42.2 Å². The van der Waals surface area contributed by atoms with Crippen LogP contribution in [0.1, 0.15) is 40.0 Å². The molecule has 136 valence electrons. The van der Waals surface area contributed by atoms with Crippen LogP contribution in [-0.2, 0) is 14.4 Å². The molecule has 0 bridgehead atoms. The molecule has 2 aliphatic heterocycles. The molecule has 2 N–H and O–H groups in total. The molecule has 2 heterocycles. The number of hydrogen-bond donors (Lipinski definition) is 3. The fourth-order valence-corrected chi connectivity index (χ4v) is 5.03. The lowest BCUT2D eigenvalue weighted by Gasteiger charge is -2.30. The number of nitrogens with one attached hydrogen (secondary N) is 1. The lowest BCUT2D eigenvalue weighted by atomic mass is 10.0. The Hall–Kier alpha value is -0.890. The van der Waals surface area contributed by atoms with Crippen LogP contribution in [-0.4, -0.2) is 56.3 Å². The summed E-state index contributed by atoms with van der Waals surface area (Å²) < 4.78 is 0. The zero-order chi connectivity index (χ0) is 18.0. The van der Waals surface area contributed by atoms with Crippen LogP contribution >= 0.6 is 24.4 Å². The van der Waals surface area contributed by atoms with Gasteiger partial charge in [0.1, 0.15) is 12.1 Å². The van der Waals surface area contributed by atoms with Gasteiger partial charge in [0.25, 0.3) is 0 Å². The fraction of sp³-hybridized carbons (Fsp3) is 0.812. The summed E-state index contributed by atoms with van der Waals surface area (Å²) in [4.78, 5) is 38.2. The van der Waals surface area contributed by atoms with Gasteiger partial charge in [0.15, 0.2) is 0 Å². The summed E-state index contributed by atoms with van der Waals surface area (Å²) >= 11 is 5.88. The third-order valence-electron chi connectivity index (χ3n) is 5.04. The SMILES string of the molecule is CC[C@H](C)[C@H](S)C(=O)N[C@H]1CC[C@@H](C)[C@H]2SC[C@@H](C(=O)O)N2C1=O. The predicted octanol–water partition coefficient (Wildman–Crippen LogP) is 1.60. The van der Waals surface area contributed by atoms with E-state index >= 15 is 0 Å². The predicted molar refractivity (Wildman–Crippen MR) is 97.1 cm³/mol. The van der Waals surface area contributed by atoms with Gasteiger partial charge in [-0.15, -0.1) is 11.8 Å². The lowest BCUT2D eigenvalue weighted by molar-refractivity contribution is -0.150. The number of thiol groups is 1. The van der Waals surface area contributed by atoms with Gasteiger partial charge in [0.05, 0.1) is 10.6 Å². The van der Waals surface area contributed by atoms with Crippen molar-refractivity contribution in [2.24, 2.45) is 11.8 Å². The van der Waals surface area contributed by atoms with Crippen molar-refractivity contribution in [1.82, 2.24) is 10.2 Å². The average molecular weight is 375 g/mol. The van der Waals surface area contributed by atoms with E-state index < -0.39 is 23.3 Å². The van der Waals surface area contributed by atoms with Crippen molar-refractivity contribution in [3.8, 4) is 0 Å². The number of hydrogen-bond acceptors (Lipinski definition) is 5. The monoisotopic (exact) mass is 374 g/mol. The third-order valence-corrected chi connectivity index (χ3v) is 7.32. The fourth-order valence-electron chi connectivity index (χ4n) is 3.18. The van der Waals surface area contributed by atoms with E-state index in [1.807, 2.05) is 20.8 Å². The molecule has 0 aromatic rings. The largest absolute Gasteiger partial charge is 0.480 e. The van der Waals surface area contributed by atoms with Gasteiger partial charge in [0.2, 0.25) is 11.8 Å². The molecule has 6 nitrogen and oxygen atoms in total. The summed E-state index contributed by atoms with van der Waals surface area (Å²) in [6.45, 7) is 5.97. The van der Waals surface area contributed by atoms with Crippen molar-refractivity contribution in [1.29, 1.82) is 0 Å². The van der Waals surface area contributed by atoms with Gasteiger partial charge in [0, 0.05) is 5.75 Å². The van der Waals surface area contributed by atoms with Gasteiger partial charge in [-0.2, -0.15) is 12.6 Å². The van der Waals surface area contributed by atoms with Crippen LogP contribution in [0.5, 0.6) is 0 Å². The number of aliphatic carboxylic acids is 1. The zero-order valence-electron chi connectivity index (χ0n) is 14.3. The quantitative estimate of drug-likeness (QED) is 0.637. The Bertz CT molecular complexity index is 516. The molecule has 0 aromatic heterocycles. The van der Waals surface area contributed by atoms with Crippen LogP contribution in [0.15, 0.2) is 0 Å². The van der Waals surface area contributed by atoms with Crippen molar-refractivity contribution < 1.29 is 19.5 Å². The maximum absolute atomic E-state index is 12.9. The van der Waals surface area contributed by atoms with Crippen molar-refractivity contribution in [2.75, 3.05) is 5.75 Å². The van der Waals surface area contributed by atoms with Crippen LogP contribution < -0.4 is 5.32 Å². The van der Waals surface area contributed by atoms with E-state index in [0.29, 0.717) is 12.2 Å². The molecule has 0 saturated carbocycles. The number of fused-ring (bicyclic) bond motifs is 1. The van der Waals surface area contributed by atoms with Gasteiger partial charge >= 0.3 is 5.97 Å². The summed E-state index contributed by atoms with van der Waals surface area (Å²) in [5, 5.41) is 11.6. The van der Waals surface area contributed by atoms with E-state index in [2.05, 4.69) is 17.9 Å². The molecule has 2 amide bonds. The second kappa shape index (κ2) is 7.99. The summed E-state index contributed by atoms with van der Waals surface area (Å²) in [7, 11) is 0. The highest BCUT2D eigenvalue weighted by molar-refractivity contribution is 8.00. The zero-order valence-corrected chi connectivity index (χ0v) is 16.0. The molecule has 0 unspecified atom stereocenters. The first kappa shape index (κ1) is 19.4. The second-order valence-electron chi connectivity index (χ2n) is 6.77. The number of carbonyl (C=O) groups excluding carboxylic acids is 2. The molecule has 6 atom stereocenters. The van der Waals surface area contributed by atoms with E-state index in [1.54, 1.807) is 0 Å². The van der Waals surface area contributed by atoms with Crippen LogP contribution in [0.25, 0.3) is 0 Å². The number of carboxylic acids is 1. The molecule has 2 saturated heterocycles. The van der Waals surface area contributed by atoms with Crippen LogP contribution in [0, 0.1) is 11.8 Å². The lowest BCUT2D eigenvalue weighted by Crippen LogP contribution is -2.54. The highest BCUT2D eigenvalue weighted by Gasteiger charge is 2.48. The van der Waals surface area contributed by atoms with Gasteiger partial charge in [-0.1, -0.05) is 27.2 Å². The van der Waals surface area contributed by atoms with Gasteiger partial charge < -0.3 is 15.3 Å². The van der Waals surface area contributed by atoms with Crippen LogP contribution in [0.3, 0.4) is 0 Å². The van der Waals surface area contributed by atoms with Crippen molar-refractivity contribution in [2.45, 2.75) is 62.7 Å². The summed E-state index contributed by atoms with van der Waals surface area (Å²) in [6.07, 6.45) is 2.13. The minimum atomic E-state index is -0.982.